The molecule has 1 aliphatic heterocycles. The quantitative estimate of drug-likeness (QED) is 0.315. The molecule has 1 aliphatic rings. The molecule has 0 spiro atoms. The Morgan fingerprint density at radius 3 is 2.55 bits per heavy atom. The maximum Gasteiger partial charge on any atom is 0.573 e. The molecule has 1 fully saturated rings. The third kappa shape index (κ3) is 8.85. The van der Waals surface area contributed by atoms with Crippen molar-refractivity contribution in [3.8, 4) is 17.2 Å². The minimum atomic E-state index is -4.94. The first-order chi connectivity index (χ1) is 20.1. The summed E-state index contributed by atoms with van der Waals surface area (Å²) in [5.41, 5.74) is 0.508. The summed E-state index contributed by atoms with van der Waals surface area (Å²) in [5.74, 6) is 0.452. The number of methoxy groups -OCH3 is 1. The molecule has 4 rings (SSSR count). The molecule has 226 valence electrons. The van der Waals surface area contributed by atoms with Crippen molar-refractivity contribution in [2.75, 3.05) is 63.7 Å². The van der Waals surface area contributed by atoms with Crippen LogP contribution >= 0.6 is 0 Å². The predicted octanol–water partition coefficient (Wildman–Crippen LogP) is 3.49. The summed E-state index contributed by atoms with van der Waals surface area (Å²) >= 11 is 0. The fourth-order valence-electron chi connectivity index (χ4n) is 4.36. The standard InChI is InChI=1S/C28H33F3N6O5/c1-35-13-15-36(16-14-35)12-5-17-41-23-9-8-21(18-24(23)40-2)33-26-32-11-10-25(34-26)37(27(38)39)19-20-6-3-4-7-22(20)42-28(29,30)31/h3-4,6-11,18H,5,12-17,19H2,1-2H3,(H,38,39)(H,32,33,34)/p-1. The third-order valence-corrected chi connectivity index (χ3v) is 6.56. The smallest absolute Gasteiger partial charge is 0.530 e. The molecule has 0 atom stereocenters. The number of piperazine rings is 1. The van der Waals surface area contributed by atoms with Crippen LogP contribution in [0.25, 0.3) is 0 Å². The molecule has 2 aromatic carbocycles. The van der Waals surface area contributed by atoms with Crippen molar-refractivity contribution in [2.45, 2.75) is 19.3 Å². The fraction of sp³-hybridized carbons (Fsp3) is 0.393. The van der Waals surface area contributed by atoms with Crippen LogP contribution in [0.2, 0.25) is 0 Å². The highest BCUT2D eigenvalue weighted by molar-refractivity contribution is 5.83. The second kappa shape index (κ2) is 14.0. The van der Waals surface area contributed by atoms with Gasteiger partial charge in [0.2, 0.25) is 5.95 Å². The predicted molar refractivity (Wildman–Crippen MR) is 147 cm³/mol. The number of benzene rings is 2. The molecule has 0 aliphatic carbocycles. The first-order valence-corrected chi connectivity index (χ1v) is 13.3. The zero-order chi connectivity index (χ0) is 30.1. The zero-order valence-electron chi connectivity index (χ0n) is 23.3. The Hall–Kier alpha value is -4.30. The van der Waals surface area contributed by atoms with Crippen molar-refractivity contribution >= 4 is 23.5 Å². The Morgan fingerprint density at radius 1 is 1.07 bits per heavy atom. The average molecular weight is 590 g/mol. The van der Waals surface area contributed by atoms with E-state index >= 15 is 0 Å². The molecule has 1 aromatic heterocycles. The van der Waals surface area contributed by atoms with Crippen molar-refractivity contribution in [3.63, 3.8) is 0 Å². The van der Waals surface area contributed by atoms with Crippen molar-refractivity contribution in [1.82, 2.24) is 19.8 Å². The highest BCUT2D eigenvalue weighted by Crippen LogP contribution is 2.32. The van der Waals surface area contributed by atoms with Crippen molar-refractivity contribution in [1.29, 1.82) is 0 Å². The summed E-state index contributed by atoms with van der Waals surface area (Å²) < 4.78 is 53.9. The van der Waals surface area contributed by atoms with Crippen LogP contribution in [0.5, 0.6) is 17.2 Å². The van der Waals surface area contributed by atoms with Crippen LogP contribution in [0, 0.1) is 0 Å². The highest BCUT2D eigenvalue weighted by atomic mass is 19.4. The summed E-state index contributed by atoms with van der Waals surface area (Å²) in [6.07, 6.45) is -4.43. The van der Waals surface area contributed by atoms with Crippen LogP contribution in [0.3, 0.4) is 0 Å². The molecule has 11 nitrogen and oxygen atoms in total. The molecule has 1 amide bonds. The summed E-state index contributed by atoms with van der Waals surface area (Å²) in [4.78, 5) is 25.7. The SMILES string of the molecule is COc1cc(Nc2nccc(N(Cc3ccccc3OC(F)(F)F)C(=O)[O-])n2)ccc1OCCCN1CCN(C)CC1. The van der Waals surface area contributed by atoms with E-state index in [4.69, 9.17) is 9.47 Å². The number of nitrogens with zero attached hydrogens (tertiary/aromatic N) is 5. The first-order valence-electron chi connectivity index (χ1n) is 13.3. The lowest BCUT2D eigenvalue weighted by Crippen LogP contribution is -2.44. The van der Waals surface area contributed by atoms with Crippen molar-refractivity contribution in [3.05, 3.63) is 60.3 Å². The lowest BCUT2D eigenvalue weighted by atomic mass is 10.2. The number of ether oxygens (including phenoxy) is 3. The number of hydrogen-bond donors (Lipinski definition) is 1. The van der Waals surface area contributed by atoms with Crippen LogP contribution in [0.1, 0.15) is 12.0 Å². The van der Waals surface area contributed by atoms with Crippen LogP contribution in [0.4, 0.5) is 35.4 Å². The van der Waals surface area contributed by atoms with E-state index in [1.165, 1.54) is 37.6 Å². The van der Waals surface area contributed by atoms with E-state index in [1.54, 1.807) is 18.2 Å². The van der Waals surface area contributed by atoms with E-state index in [0.717, 1.165) is 45.2 Å². The molecule has 3 aromatic rings. The van der Waals surface area contributed by atoms with E-state index in [1.807, 2.05) is 0 Å². The number of hydrogen-bond acceptors (Lipinski definition) is 10. The Bertz CT molecular complexity index is 1340. The summed E-state index contributed by atoms with van der Waals surface area (Å²) in [6, 6.07) is 11.7. The van der Waals surface area contributed by atoms with Gasteiger partial charge in [0.25, 0.3) is 0 Å². The normalized spacial score (nSPS) is 14.3. The number of rotatable bonds is 12. The van der Waals surface area contributed by atoms with E-state index in [-0.39, 0.29) is 17.3 Å². The molecule has 1 saturated heterocycles. The topological polar surface area (TPSA) is 115 Å². The molecule has 0 unspecified atom stereocenters. The summed E-state index contributed by atoms with van der Waals surface area (Å²) in [7, 11) is 3.64. The minimum Gasteiger partial charge on any atom is -0.530 e. The number of carbonyl (C=O) groups excluding carboxylic acids is 1. The van der Waals surface area contributed by atoms with E-state index < -0.39 is 24.7 Å². The number of para-hydroxylation sites is 1. The number of carboxylic acid groups (broad SMARTS) is 1. The maximum absolute atomic E-state index is 12.8. The van der Waals surface area contributed by atoms with Gasteiger partial charge in [-0.05, 0) is 37.7 Å². The van der Waals surface area contributed by atoms with Gasteiger partial charge in [0.05, 0.1) is 20.3 Å². The number of anilines is 3. The second-order valence-corrected chi connectivity index (χ2v) is 9.58. The van der Waals surface area contributed by atoms with Crippen LogP contribution in [-0.4, -0.2) is 85.7 Å². The molecule has 42 heavy (non-hydrogen) atoms. The third-order valence-electron chi connectivity index (χ3n) is 6.56. The lowest BCUT2D eigenvalue weighted by molar-refractivity contribution is -0.274. The molecule has 0 radical (unpaired) electrons. The highest BCUT2D eigenvalue weighted by Gasteiger charge is 2.32. The van der Waals surface area contributed by atoms with Gasteiger partial charge in [0, 0.05) is 56.2 Å². The van der Waals surface area contributed by atoms with Crippen molar-refractivity contribution < 1.29 is 37.3 Å². The summed E-state index contributed by atoms with van der Waals surface area (Å²) in [5, 5.41) is 14.9. The van der Waals surface area contributed by atoms with Gasteiger partial charge in [0.15, 0.2) is 11.5 Å². The molecule has 14 heteroatoms. The van der Waals surface area contributed by atoms with Gasteiger partial charge < -0.3 is 44.1 Å². The van der Waals surface area contributed by atoms with Crippen LogP contribution in [0.15, 0.2) is 54.7 Å². The number of alkyl halides is 3. The van der Waals surface area contributed by atoms with Gasteiger partial charge in [0.1, 0.15) is 17.7 Å². The Kier molecular flexibility index (Phi) is 10.3. The molecule has 1 N–H and O–H groups in total. The number of likely N-dealkylation sites (N-methyl/N-ethyl adjacent to an activating group) is 1. The minimum absolute atomic E-state index is 0.0315. The number of carbonyl (C=O) groups is 1. The Balaban J connectivity index is 1.40. The average Bonchev–Trinajstić information content (AvgIpc) is 2.95. The Labute approximate surface area is 241 Å². The molecular weight excluding hydrogens is 557 g/mol. The van der Waals surface area contributed by atoms with Crippen LogP contribution in [-0.2, 0) is 6.54 Å². The monoisotopic (exact) mass is 589 g/mol. The number of nitrogens with one attached hydrogen (secondary N) is 1. The van der Waals surface area contributed by atoms with Gasteiger partial charge in [-0.3, -0.25) is 0 Å². The Morgan fingerprint density at radius 2 is 1.83 bits per heavy atom. The van der Waals surface area contributed by atoms with Gasteiger partial charge >= 0.3 is 6.36 Å². The van der Waals surface area contributed by atoms with Gasteiger partial charge in [-0.2, -0.15) is 4.98 Å². The van der Waals surface area contributed by atoms with Gasteiger partial charge in [-0.1, -0.05) is 18.2 Å². The molecule has 0 bridgehead atoms. The second-order valence-electron chi connectivity index (χ2n) is 9.58. The first kappa shape index (κ1) is 30.7. The van der Waals surface area contributed by atoms with E-state index in [0.29, 0.717) is 28.7 Å². The molecule has 0 saturated carbocycles. The van der Waals surface area contributed by atoms with E-state index in [9.17, 15) is 23.1 Å². The number of aromatic nitrogens is 2. The zero-order valence-corrected chi connectivity index (χ0v) is 23.3. The van der Waals surface area contributed by atoms with Gasteiger partial charge in [-0.15, -0.1) is 13.2 Å². The lowest BCUT2D eigenvalue weighted by Gasteiger charge is -2.32. The number of halogens is 3. The summed E-state index contributed by atoms with van der Waals surface area (Å²) in [6.45, 7) is 5.19. The maximum atomic E-state index is 12.8. The number of amides is 1. The largest absolute Gasteiger partial charge is 0.573 e. The van der Waals surface area contributed by atoms with Gasteiger partial charge in [-0.25, -0.2) is 4.98 Å². The van der Waals surface area contributed by atoms with Crippen molar-refractivity contribution in [2.24, 2.45) is 0 Å². The fourth-order valence-corrected chi connectivity index (χ4v) is 4.36. The van der Waals surface area contributed by atoms with Crippen LogP contribution < -0.4 is 29.5 Å². The molecular formula is C28H32F3N6O5-. The van der Waals surface area contributed by atoms with E-state index in [2.05, 4.69) is 36.9 Å². The molecule has 2 heterocycles.